The summed E-state index contributed by atoms with van der Waals surface area (Å²) in [5.74, 6) is -0.192. The zero-order chi connectivity index (χ0) is 12.3. The lowest BCUT2D eigenvalue weighted by Crippen LogP contribution is -2.63. The number of carbonyl (C=O) groups is 1. The summed E-state index contributed by atoms with van der Waals surface area (Å²) in [6.07, 6.45) is -3.22. The lowest BCUT2D eigenvalue weighted by molar-refractivity contribution is -0.263. The van der Waals surface area contributed by atoms with E-state index in [1.54, 1.807) is 13.8 Å². The van der Waals surface area contributed by atoms with Crippen LogP contribution in [0.3, 0.4) is 0 Å². The maximum Gasteiger partial charge on any atom is 0.220 e. The molecule has 0 aliphatic carbocycles. The van der Waals surface area contributed by atoms with Crippen LogP contribution in [0.1, 0.15) is 20.3 Å². The minimum absolute atomic E-state index is 0.192. The van der Waals surface area contributed by atoms with E-state index in [1.165, 1.54) is 7.11 Å². The number of hydrogen-bond donors (Lipinski definition) is 3. The molecule has 0 radical (unpaired) electrons. The molecule has 0 aromatic heterocycles. The first-order valence-electron chi connectivity index (χ1n) is 5.35. The summed E-state index contributed by atoms with van der Waals surface area (Å²) in [6, 6.07) is -0.617. The highest BCUT2D eigenvalue weighted by molar-refractivity contribution is 5.76. The third-order valence-electron chi connectivity index (χ3n) is 2.73. The summed E-state index contributed by atoms with van der Waals surface area (Å²) in [4.78, 5) is 11.2. The topological polar surface area (TPSA) is 88.0 Å². The summed E-state index contributed by atoms with van der Waals surface area (Å²) in [7, 11) is 1.39. The molecule has 0 aromatic carbocycles. The molecule has 1 saturated heterocycles. The van der Waals surface area contributed by atoms with Crippen LogP contribution < -0.4 is 5.32 Å². The van der Waals surface area contributed by atoms with Gasteiger partial charge in [0.2, 0.25) is 5.91 Å². The van der Waals surface area contributed by atoms with Crippen LogP contribution in [-0.4, -0.2) is 53.9 Å². The quantitative estimate of drug-likeness (QED) is 0.581. The van der Waals surface area contributed by atoms with Gasteiger partial charge in [0.05, 0.1) is 12.1 Å². The van der Waals surface area contributed by atoms with E-state index in [-0.39, 0.29) is 5.91 Å². The second-order valence-corrected chi connectivity index (χ2v) is 3.87. The second kappa shape index (κ2) is 5.58. The standard InChI is InChI=1S/C10H19NO5/c1-4-6(12)11-7-5(2)16-10(15-3)9(14)8(7)13/h5,7-10,13-14H,4H2,1-3H3,(H,11,12)/t5-,7-,8+,9+,10+/m1/s1. The molecule has 1 aliphatic heterocycles. The maximum atomic E-state index is 11.2. The van der Waals surface area contributed by atoms with Crippen molar-refractivity contribution in [2.45, 2.75) is 50.9 Å². The molecule has 0 unspecified atom stereocenters. The number of methoxy groups -OCH3 is 1. The molecule has 1 fully saturated rings. The number of rotatable bonds is 3. The van der Waals surface area contributed by atoms with Crippen LogP contribution in [0.15, 0.2) is 0 Å². The highest BCUT2D eigenvalue weighted by Crippen LogP contribution is 2.21. The zero-order valence-corrected chi connectivity index (χ0v) is 9.71. The van der Waals surface area contributed by atoms with Gasteiger partial charge in [-0.05, 0) is 6.92 Å². The number of amides is 1. The molecule has 0 aromatic rings. The smallest absolute Gasteiger partial charge is 0.220 e. The molecular formula is C10H19NO5. The van der Waals surface area contributed by atoms with Gasteiger partial charge in [-0.25, -0.2) is 0 Å². The largest absolute Gasteiger partial charge is 0.388 e. The molecule has 0 saturated carbocycles. The minimum Gasteiger partial charge on any atom is -0.388 e. The average molecular weight is 233 g/mol. The van der Waals surface area contributed by atoms with Crippen molar-refractivity contribution < 1.29 is 24.5 Å². The Morgan fingerprint density at radius 3 is 2.56 bits per heavy atom. The van der Waals surface area contributed by atoms with E-state index in [2.05, 4.69) is 5.32 Å². The minimum atomic E-state index is -1.16. The Labute approximate surface area is 94.5 Å². The van der Waals surface area contributed by atoms with Crippen molar-refractivity contribution in [3.05, 3.63) is 0 Å². The van der Waals surface area contributed by atoms with Gasteiger partial charge in [0.1, 0.15) is 12.2 Å². The third kappa shape index (κ3) is 2.70. The van der Waals surface area contributed by atoms with Crippen LogP contribution >= 0.6 is 0 Å². The molecule has 1 rings (SSSR count). The van der Waals surface area contributed by atoms with E-state index in [0.717, 1.165) is 0 Å². The van der Waals surface area contributed by atoms with Crippen LogP contribution in [0.25, 0.3) is 0 Å². The normalized spacial score (nSPS) is 39.4. The lowest BCUT2D eigenvalue weighted by atomic mass is 9.97. The van der Waals surface area contributed by atoms with Gasteiger partial charge in [-0.3, -0.25) is 4.79 Å². The first kappa shape index (κ1) is 13.4. The first-order valence-corrected chi connectivity index (χ1v) is 5.35. The highest BCUT2D eigenvalue weighted by Gasteiger charge is 2.43. The summed E-state index contributed by atoms with van der Waals surface area (Å²) in [5, 5.41) is 22.1. The molecule has 3 N–H and O–H groups in total. The van der Waals surface area contributed by atoms with Gasteiger partial charge in [-0.15, -0.1) is 0 Å². The number of hydrogen-bond acceptors (Lipinski definition) is 5. The lowest BCUT2D eigenvalue weighted by Gasteiger charge is -2.41. The van der Waals surface area contributed by atoms with Crippen LogP contribution in [0.4, 0.5) is 0 Å². The molecule has 6 nitrogen and oxygen atoms in total. The van der Waals surface area contributed by atoms with Crippen molar-refractivity contribution in [2.75, 3.05) is 7.11 Å². The molecule has 0 spiro atoms. The van der Waals surface area contributed by atoms with E-state index in [0.29, 0.717) is 6.42 Å². The Morgan fingerprint density at radius 1 is 1.44 bits per heavy atom. The monoisotopic (exact) mass is 233 g/mol. The van der Waals surface area contributed by atoms with Crippen molar-refractivity contribution >= 4 is 5.91 Å². The van der Waals surface area contributed by atoms with Crippen LogP contribution in [0.2, 0.25) is 0 Å². The van der Waals surface area contributed by atoms with E-state index >= 15 is 0 Å². The van der Waals surface area contributed by atoms with Gasteiger partial charge in [0, 0.05) is 13.5 Å². The number of aliphatic hydroxyl groups is 2. The summed E-state index contributed by atoms with van der Waals surface area (Å²) < 4.78 is 10.2. The zero-order valence-electron chi connectivity index (χ0n) is 9.71. The van der Waals surface area contributed by atoms with Crippen molar-refractivity contribution in [1.82, 2.24) is 5.32 Å². The van der Waals surface area contributed by atoms with Crippen molar-refractivity contribution in [3.8, 4) is 0 Å². The first-order chi connectivity index (χ1) is 7.51. The van der Waals surface area contributed by atoms with Gasteiger partial charge >= 0.3 is 0 Å². The SMILES string of the molecule is CCC(=O)N[C@H]1[C@H](O)[C@H](O)[C@@H](OC)O[C@@H]1C. The molecule has 1 amide bonds. The molecule has 6 heteroatoms. The second-order valence-electron chi connectivity index (χ2n) is 3.87. The fourth-order valence-corrected chi connectivity index (χ4v) is 1.71. The van der Waals surface area contributed by atoms with E-state index in [4.69, 9.17) is 9.47 Å². The van der Waals surface area contributed by atoms with E-state index in [9.17, 15) is 15.0 Å². The predicted octanol–water partition coefficient (Wildman–Crippen LogP) is -1.01. The Hall–Kier alpha value is -0.690. The summed E-state index contributed by atoms with van der Waals surface area (Å²) in [5.41, 5.74) is 0. The third-order valence-corrected chi connectivity index (χ3v) is 2.73. The number of carbonyl (C=O) groups excluding carboxylic acids is 1. The molecule has 5 atom stereocenters. The Bertz CT molecular complexity index is 247. The van der Waals surface area contributed by atoms with Gasteiger partial charge in [0.25, 0.3) is 0 Å². The Morgan fingerprint density at radius 2 is 2.06 bits per heavy atom. The molecule has 1 aliphatic rings. The van der Waals surface area contributed by atoms with Crippen molar-refractivity contribution in [1.29, 1.82) is 0 Å². The maximum absolute atomic E-state index is 11.2. The fourth-order valence-electron chi connectivity index (χ4n) is 1.71. The van der Waals surface area contributed by atoms with Gasteiger partial charge in [0.15, 0.2) is 6.29 Å². The number of ether oxygens (including phenoxy) is 2. The van der Waals surface area contributed by atoms with Gasteiger partial charge < -0.3 is 25.0 Å². The fraction of sp³-hybridized carbons (Fsp3) is 0.900. The summed E-state index contributed by atoms with van der Waals surface area (Å²) >= 11 is 0. The summed E-state index contributed by atoms with van der Waals surface area (Å²) in [6.45, 7) is 3.42. The molecule has 16 heavy (non-hydrogen) atoms. The average Bonchev–Trinajstić information content (AvgIpc) is 2.28. The Balaban J connectivity index is 2.67. The molecule has 94 valence electrons. The molecular weight excluding hydrogens is 214 g/mol. The highest BCUT2D eigenvalue weighted by atomic mass is 16.7. The predicted molar refractivity (Wildman–Crippen MR) is 55.6 cm³/mol. The Kier molecular flexibility index (Phi) is 4.67. The van der Waals surface area contributed by atoms with E-state index < -0.39 is 30.6 Å². The van der Waals surface area contributed by atoms with Crippen LogP contribution in [-0.2, 0) is 14.3 Å². The van der Waals surface area contributed by atoms with E-state index in [1.807, 2.05) is 0 Å². The van der Waals surface area contributed by atoms with Crippen LogP contribution in [0, 0.1) is 0 Å². The van der Waals surface area contributed by atoms with Crippen LogP contribution in [0.5, 0.6) is 0 Å². The van der Waals surface area contributed by atoms with Crippen molar-refractivity contribution in [3.63, 3.8) is 0 Å². The number of nitrogens with one attached hydrogen (secondary N) is 1. The van der Waals surface area contributed by atoms with Gasteiger partial charge in [-0.1, -0.05) is 6.92 Å². The van der Waals surface area contributed by atoms with Gasteiger partial charge in [-0.2, -0.15) is 0 Å². The van der Waals surface area contributed by atoms with Crippen molar-refractivity contribution in [2.24, 2.45) is 0 Å². The molecule has 1 heterocycles. The number of aliphatic hydroxyl groups excluding tert-OH is 2. The molecule has 0 bridgehead atoms.